The van der Waals surface area contributed by atoms with E-state index in [2.05, 4.69) is 33.8 Å². The Morgan fingerprint density at radius 1 is 1.21 bits per heavy atom. The number of unbranched alkanes of at least 4 members (excludes halogenated alkanes) is 2. The van der Waals surface area contributed by atoms with Gasteiger partial charge >= 0.3 is 0 Å². The van der Waals surface area contributed by atoms with Gasteiger partial charge in [0.15, 0.2) is 0 Å². The molecule has 3 heteroatoms. The molecule has 0 spiro atoms. The van der Waals surface area contributed by atoms with E-state index in [1.165, 1.54) is 12.8 Å². The lowest BCUT2D eigenvalue weighted by Crippen LogP contribution is -2.51. The summed E-state index contributed by atoms with van der Waals surface area (Å²) in [6.45, 7) is 8.55. The molecule has 1 aliphatic carbocycles. The highest BCUT2D eigenvalue weighted by Crippen LogP contribution is 2.55. The molecule has 1 aromatic carbocycles. The Labute approximate surface area is 146 Å². The summed E-state index contributed by atoms with van der Waals surface area (Å²) in [6, 6.07) is 3.98. The molecule has 0 saturated heterocycles. The number of aryl methyl sites for hydroxylation is 1. The summed E-state index contributed by atoms with van der Waals surface area (Å²) in [5, 5.41) is 21.6. The lowest BCUT2D eigenvalue weighted by molar-refractivity contribution is -0.0662. The first-order valence-electron chi connectivity index (χ1n) is 9.58. The van der Waals surface area contributed by atoms with Crippen LogP contribution >= 0.6 is 0 Å². The van der Waals surface area contributed by atoms with Crippen molar-refractivity contribution in [3.05, 3.63) is 23.3 Å². The van der Waals surface area contributed by atoms with Crippen LogP contribution in [-0.4, -0.2) is 21.9 Å². The summed E-state index contributed by atoms with van der Waals surface area (Å²) < 4.78 is 6.33. The molecule has 1 heterocycles. The molecule has 134 valence electrons. The summed E-state index contributed by atoms with van der Waals surface area (Å²) in [4.78, 5) is 0. The standard InChI is InChI=1S/C21H32O3/c1-5-6-7-8-14-11-16(22)19-17(12-14)24-21(3,4)15-10-9-13(2)20(23)18(15)19/h11-13,15,18,20,22-23H,5-10H2,1-4H3/t13-,15+,18?,20?/m0/s1. The molecule has 1 aromatic rings. The van der Waals surface area contributed by atoms with Crippen LogP contribution in [0.4, 0.5) is 0 Å². The van der Waals surface area contributed by atoms with Gasteiger partial charge in [0.05, 0.1) is 6.10 Å². The van der Waals surface area contributed by atoms with Crippen molar-refractivity contribution in [1.29, 1.82) is 0 Å². The van der Waals surface area contributed by atoms with Gasteiger partial charge in [-0.1, -0.05) is 26.7 Å². The molecule has 2 N–H and O–H groups in total. The third kappa shape index (κ3) is 3.03. The van der Waals surface area contributed by atoms with Crippen molar-refractivity contribution in [3.63, 3.8) is 0 Å². The SMILES string of the molecule is CCCCCc1cc(O)c2c(c1)OC(C)(C)[C@@H]1CC[C@H](C)C(O)C21. The Kier molecular flexibility index (Phi) is 4.83. The largest absolute Gasteiger partial charge is 0.508 e. The van der Waals surface area contributed by atoms with Crippen LogP contribution in [0.3, 0.4) is 0 Å². The number of aliphatic hydroxyl groups is 1. The van der Waals surface area contributed by atoms with Gasteiger partial charge in [-0.3, -0.25) is 0 Å². The molecule has 2 unspecified atom stereocenters. The molecule has 1 saturated carbocycles. The molecule has 0 amide bonds. The second kappa shape index (κ2) is 6.59. The zero-order valence-corrected chi connectivity index (χ0v) is 15.5. The van der Waals surface area contributed by atoms with Crippen molar-refractivity contribution in [2.75, 3.05) is 0 Å². The van der Waals surface area contributed by atoms with Crippen molar-refractivity contribution >= 4 is 0 Å². The van der Waals surface area contributed by atoms with Crippen LogP contribution in [0, 0.1) is 11.8 Å². The summed E-state index contributed by atoms with van der Waals surface area (Å²) in [7, 11) is 0. The van der Waals surface area contributed by atoms with Crippen molar-refractivity contribution in [2.45, 2.75) is 83.8 Å². The molecule has 0 aromatic heterocycles. The molecule has 24 heavy (non-hydrogen) atoms. The molecule has 4 atom stereocenters. The van der Waals surface area contributed by atoms with Gasteiger partial charge in [0.25, 0.3) is 0 Å². The lowest BCUT2D eigenvalue weighted by Gasteiger charge is -2.50. The lowest BCUT2D eigenvalue weighted by atomic mass is 9.62. The number of aromatic hydroxyl groups is 1. The predicted octanol–water partition coefficient (Wildman–Crippen LogP) is 4.79. The van der Waals surface area contributed by atoms with Crippen molar-refractivity contribution < 1.29 is 14.9 Å². The highest BCUT2D eigenvalue weighted by atomic mass is 16.5. The smallest absolute Gasteiger partial charge is 0.127 e. The number of aliphatic hydroxyl groups excluding tert-OH is 1. The maximum absolute atomic E-state index is 10.9. The Morgan fingerprint density at radius 2 is 1.96 bits per heavy atom. The molecule has 0 radical (unpaired) electrons. The zero-order valence-electron chi connectivity index (χ0n) is 15.5. The molecular weight excluding hydrogens is 300 g/mol. The molecule has 0 bridgehead atoms. The topological polar surface area (TPSA) is 49.7 Å². The Hall–Kier alpha value is -1.22. The number of hydrogen-bond acceptors (Lipinski definition) is 3. The number of fused-ring (bicyclic) bond motifs is 3. The van der Waals surface area contributed by atoms with E-state index < -0.39 is 6.10 Å². The van der Waals surface area contributed by atoms with E-state index in [0.717, 1.165) is 42.6 Å². The van der Waals surface area contributed by atoms with Crippen LogP contribution < -0.4 is 4.74 Å². The highest BCUT2D eigenvalue weighted by Gasteiger charge is 2.50. The number of rotatable bonds is 4. The zero-order chi connectivity index (χ0) is 17.5. The van der Waals surface area contributed by atoms with Gasteiger partial charge in [-0.05, 0) is 63.1 Å². The molecule has 1 aliphatic heterocycles. The van der Waals surface area contributed by atoms with Crippen LogP contribution in [0.15, 0.2) is 12.1 Å². The third-order valence-electron chi connectivity index (χ3n) is 6.17. The van der Waals surface area contributed by atoms with E-state index >= 15 is 0 Å². The Bertz CT molecular complexity index is 593. The molecule has 1 fully saturated rings. The minimum atomic E-state index is -0.414. The van der Waals surface area contributed by atoms with Gasteiger partial charge in [-0.2, -0.15) is 0 Å². The van der Waals surface area contributed by atoms with Crippen LogP contribution in [0.2, 0.25) is 0 Å². The number of hydrogen-bond donors (Lipinski definition) is 2. The van der Waals surface area contributed by atoms with Crippen LogP contribution in [-0.2, 0) is 6.42 Å². The normalized spacial score (nSPS) is 31.0. The van der Waals surface area contributed by atoms with Gasteiger partial charge in [-0.15, -0.1) is 0 Å². The molecular formula is C21H32O3. The second-order valence-corrected chi connectivity index (χ2v) is 8.37. The summed E-state index contributed by atoms with van der Waals surface area (Å²) in [5.74, 6) is 1.56. The fraction of sp³-hybridized carbons (Fsp3) is 0.714. The number of phenols is 1. The number of ether oxygens (including phenoxy) is 1. The van der Waals surface area contributed by atoms with E-state index in [4.69, 9.17) is 4.74 Å². The Balaban J connectivity index is 1.99. The van der Waals surface area contributed by atoms with Crippen LogP contribution in [0.5, 0.6) is 11.5 Å². The van der Waals surface area contributed by atoms with E-state index in [1.807, 2.05) is 6.07 Å². The quantitative estimate of drug-likeness (QED) is 0.780. The van der Waals surface area contributed by atoms with E-state index in [-0.39, 0.29) is 23.4 Å². The van der Waals surface area contributed by atoms with Crippen LogP contribution in [0.25, 0.3) is 0 Å². The fourth-order valence-corrected chi connectivity index (χ4v) is 4.71. The molecule has 3 rings (SSSR count). The third-order valence-corrected chi connectivity index (χ3v) is 6.17. The van der Waals surface area contributed by atoms with E-state index in [1.54, 1.807) is 0 Å². The second-order valence-electron chi connectivity index (χ2n) is 8.37. The summed E-state index contributed by atoms with van der Waals surface area (Å²) in [6.07, 6.45) is 6.12. The van der Waals surface area contributed by atoms with Gasteiger partial charge in [0.2, 0.25) is 0 Å². The first-order chi connectivity index (χ1) is 11.3. The van der Waals surface area contributed by atoms with E-state index in [0.29, 0.717) is 5.75 Å². The Morgan fingerprint density at radius 3 is 2.67 bits per heavy atom. The van der Waals surface area contributed by atoms with Crippen molar-refractivity contribution in [3.8, 4) is 11.5 Å². The number of phenolic OH excluding ortho intramolecular Hbond substituents is 1. The summed E-state index contributed by atoms with van der Waals surface area (Å²) >= 11 is 0. The van der Waals surface area contributed by atoms with Gasteiger partial charge in [-0.25, -0.2) is 0 Å². The number of benzene rings is 1. The average molecular weight is 332 g/mol. The average Bonchev–Trinajstić information content (AvgIpc) is 2.50. The molecule has 3 nitrogen and oxygen atoms in total. The van der Waals surface area contributed by atoms with E-state index in [9.17, 15) is 10.2 Å². The fourth-order valence-electron chi connectivity index (χ4n) is 4.71. The van der Waals surface area contributed by atoms with Gasteiger partial charge in [0, 0.05) is 17.4 Å². The minimum Gasteiger partial charge on any atom is -0.508 e. The van der Waals surface area contributed by atoms with Crippen molar-refractivity contribution in [2.24, 2.45) is 11.8 Å². The van der Waals surface area contributed by atoms with Crippen LogP contribution in [0.1, 0.15) is 76.8 Å². The minimum absolute atomic E-state index is 0.0304. The van der Waals surface area contributed by atoms with Gasteiger partial charge in [0.1, 0.15) is 17.1 Å². The summed E-state index contributed by atoms with van der Waals surface area (Å²) in [5.41, 5.74) is 1.65. The first-order valence-corrected chi connectivity index (χ1v) is 9.58. The predicted molar refractivity (Wildman–Crippen MR) is 96.7 cm³/mol. The maximum atomic E-state index is 10.9. The monoisotopic (exact) mass is 332 g/mol. The first kappa shape index (κ1) is 17.6. The highest BCUT2D eigenvalue weighted by molar-refractivity contribution is 5.52. The molecule has 2 aliphatic rings. The van der Waals surface area contributed by atoms with Gasteiger partial charge < -0.3 is 14.9 Å². The maximum Gasteiger partial charge on any atom is 0.127 e. The van der Waals surface area contributed by atoms with Crippen molar-refractivity contribution in [1.82, 2.24) is 0 Å².